The van der Waals surface area contributed by atoms with Crippen molar-refractivity contribution in [2.24, 2.45) is 5.92 Å². The van der Waals surface area contributed by atoms with Crippen LogP contribution in [-0.4, -0.2) is 11.9 Å². The van der Waals surface area contributed by atoms with Gasteiger partial charge in [-0.05, 0) is 43.9 Å². The van der Waals surface area contributed by atoms with E-state index in [0.717, 1.165) is 19.3 Å². The molecule has 18 heavy (non-hydrogen) atoms. The molecule has 0 heterocycles. The summed E-state index contributed by atoms with van der Waals surface area (Å²) in [4.78, 5) is 11.9. The summed E-state index contributed by atoms with van der Waals surface area (Å²) in [5.74, 6) is -0.809. The Labute approximate surface area is 106 Å². The molecule has 1 amide bonds. The zero-order valence-corrected chi connectivity index (χ0v) is 10.2. The molecule has 3 nitrogen and oxygen atoms in total. The van der Waals surface area contributed by atoms with E-state index >= 15 is 0 Å². The SMILES string of the molecule is Cc1ccc(C(=O)NC2CCCC2C#N)cc1F. The van der Waals surface area contributed by atoms with Crippen LogP contribution >= 0.6 is 0 Å². The van der Waals surface area contributed by atoms with Crippen LogP contribution in [0.1, 0.15) is 35.2 Å². The van der Waals surface area contributed by atoms with Gasteiger partial charge in [0.05, 0.1) is 12.0 Å². The van der Waals surface area contributed by atoms with Gasteiger partial charge in [-0.3, -0.25) is 4.79 Å². The number of hydrogen-bond donors (Lipinski definition) is 1. The van der Waals surface area contributed by atoms with Crippen molar-refractivity contribution in [3.05, 3.63) is 35.1 Å². The summed E-state index contributed by atoms with van der Waals surface area (Å²) in [5.41, 5.74) is 0.823. The molecule has 2 unspecified atom stereocenters. The maximum atomic E-state index is 13.4. The molecule has 4 heteroatoms. The maximum Gasteiger partial charge on any atom is 0.251 e. The second-order valence-electron chi connectivity index (χ2n) is 4.71. The lowest BCUT2D eigenvalue weighted by atomic mass is 10.0. The van der Waals surface area contributed by atoms with E-state index in [2.05, 4.69) is 11.4 Å². The number of amides is 1. The lowest BCUT2D eigenvalue weighted by molar-refractivity contribution is 0.0932. The Hall–Kier alpha value is -1.89. The first-order valence-corrected chi connectivity index (χ1v) is 6.08. The van der Waals surface area contributed by atoms with Gasteiger partial charge in [-0.25, -0.2) is 4.39 Å². The maximum absolute atomic E-state index is 13.4. The lowest BCUT2D eigenvalue weighted by Gasteiger charge is -2.15. The molecule has 0 radical (unpaired) electrons. The molecule has 2 atom stereocenters. The van der Waals surface area contributed by atoms with E-state index in [1.54, 1.807) is 19.1 Å². The monoisotopic (exact) mass is 246 g/mol. The minimum atomic E-state index is -0.383. The number of benzene rings is 1. The van der Waals surface area contributed by atoms with Crippen molar-refractivity contribution >= 4 is 5.91 Å². The highest BCUT2D eigenvalue weighted by Crippen LogP contribution is 2.25. The van der Waals surface area contributed by atoms with Crippen LogP contribution in [0.15, 0.2) is 18.2 Å². The number of carbonyl (C=O) groups excluding carboxylic acids is 1. The highest BCUT2D eigenvalue weighted by molar-refractivity contribution is 5.94. The van der Waals surface area contributed by atoms with Crippen LogP contribution in [0.5, 0.6) is 0 Å². The second kappa shape index (κ2) is 5.18. The van der Waals surface area contributed by atoms with Crippen molar-refractivity contribution in [2.75, 3.05) is 0 Å². The van der Waals surface area contributed by atoms with E-state index < -0.39 is 0 Å². The second-order valence-corrected chi connectivity index (χ2v) is 4.71. The zero-order chi connectivity index (χ0) is 13.1. The van der Waals surface area contributed by atoms with Crippen molar-refractivity contribution < 1.29 is 9.18 Å². The van der Waals surface area contributed by atoms with Gasteiger partial charge in [0.2, 0.25) is 0 Å². The van der Waals surface area contributed by atoms with E-state index in [0.29, 0.717) is 11.1 Å². The summed E-state index contributed by atoms with van der Waals surface area (Å²) in [6, 6.07) is 6.52. The smallest absolute Gasteiger partial charge is 0.251 e. The number of nitrogens with zero attached hydrogens (tertiary/aromatic N) is 1. The summed E-state index contributed by atoms with van der Waals surface area (Å²) < 4.78 is 13.4. The van der Waals surface area contributed by atoms with E-state index in [4.69, 9.17) is 5.26 Å². The van der Waals surface area contributed by atoms with Crippen LogP contribution in [0.25, 0.3) is 0 Å². The zero-order valence-electron chi connectivity index (χ0n) is 10.2. The fourth-order valence-corrected chi connectivity index (χ4v) is 2.27. The van der Waals surface area contributed by atoms with Crippen molar-refractivity contribution in [3.8, 4) is 6.07 Å². The predicted molar refractivity (Wildman–Crippen MR) is 65.3 cm³/mol. The molecule has 1 saturated carbocycles. The number of carbonyl (C=O) groups is 1. The fourth-order valence-electron chi connectivity index (χ4n) is 2.27. The fraction of sp³-hybridized carbons (Fsp3) is 0.429. The first-order valence-electron chi connectivity index (χ1n) is 6.08. The molecule has 2 rings (SSSR count). The van der Waals surface area contributed by atoms with Gasteiger partial charge in [0.25, 0.3) is 5.91 Å². The van der Waals surface area contributed by atoms with E-state index in [9.17, 15) is 9.18 Å². The first-order chi connectivity index (χ1) is 8.61. The summed E-state index contributed by atoms with van der Waals surface area (Å²) in [5, 5.41) is 11.8. The molecule has 1 aliphatic carbocycles. The van der Waals surface area contributed by atoms with Crippen LogP contribution in [0, 0.1) is 30.0 Å². The van der Waals surface area contributed by atoms with Crippen LogP contribution < -0.4 is 5.32 Å². The van der Waals surface area contributed by atoms with Crippen LogP contribution in [0.3, 0.4) is 0 Å². The molecule has 1 aromatic rings. The molecule has 1 N–H and O–H groups in total. The Morgan fingerprint density at radius 1 is 1.50 bits per heavy atom. The molecular formula is C14H15FN2O. The Balaban J connectivity index is 2.08. The van der Waals surface area contributed by atoms with Gasteiger partial charge in [0.15, 0.2) is 0 Å². The lowest BCUT2D eigenvalue weighted by Crippen LogP contribution is -2.36. The topological polar surface area (TPSA) is 52.9 Å². The van der Waals surface area contributed by atoms with Crippen molar-refractivity contribution in [1.82, 2.24) is 5.32 Å². The van der Waals surface area contributed by atoms with Crippen LogP contribution in [0.4, 0.5) is 4.39 Å². The number of hydrogen-bond acceptors (Lipinski definition) is 2. The Morgan fingerprint density at radius 3 is 2.94 bits per heavy atom. The number of aryl methyl sites for hydroxylation is 1. The van der Waals surface area contributed by atoms with Crippen molar-refractivity contribution in [1.29, 1.82) is 5.26 Å². The predicted octanol–water partition coefficient (Wildman–Crippen LogP) is 2.56. The van der Waals surface area contributed by atoms with E-state index in [1.807, 2.05) is 0 Å². The largest absolute Gasteiger partial charge is 0.348 e. The summed E-state index contributed by atoms with van der Waals surface area (Å²) in [6.07, 6.45) is 2.59. The summed E-state index contributed by atoms with van der Waals surface area (Å²) >= 11 is 0. The first kappa shape index (κ1) is 12.6. The van der Waals surface area contributed by atoms with Crippen molar-refractivity contribution in [3.63, 3.8) is 0 Å². The molecule has 0 aliphatic heterocycles. The third kappa shape index (κ3) is 2.51. The Kier molecular flexibility index (Phi) is 3.61. The Morgan fingerprint density at radius 2 is 2.28 bits per heavy atom. The van der Waals surface area contributed by atoms with Gasteiger partial charge < -0.3 is 5.32 Å². The molecule has 0 bridgehead atoms. The van der Waals surface area contributed by atoms with Crippen molar-refractivity contribution in [2.45, 2.75) is 32.2 Å². The average molecular weight is 246 g/mol. The molecule has 0 aromatic heterocycles. The van der Waals surface area contributed by atoms with E-state index in [-0.39, 0.29) is 23.7 Å². The van der Waals surface area contributed by atoms with Crippen LogP contribution in [0.2, 0.25) is 0 Å². The minimum absolute atomic E-state index is 0.105. The van der Waals surface area contributed by atoms with Gasteiger partial charge in [-0.15, -0.1) is 0 Å². The van der Waals surface area contributed by atoms with Gasteiger partial charge in [0, 0.05) is 11.6 Å². The number of nitriles is 1. The van der Waals surface area contributed by atoms with Gasteiger partial charge in [-0.2, -0.15) is 5.26 Å². The van der Waals surface area contributed by atoms with Gasteiger partial charge in [0.1, 0.15) is 5.82 Å². The van der Waals surface area contributed by atoms with Gasteiger partial charge >= 0.3 is 0 Å². The number of rotatable bonds is 2. The molecule has 1 fully saturated rings. The third-order valence-corrected chi connectivity index (χ3v) is 3.43. The van der Waals surface area contributed by atoms with Crippen LogP contribution in [-0.2, 0) is 0 Å². The normalized spacial score (nSPS) is 22.5. The number of nitrogens with one attached hydrogen (secondary N) is 1. The molecule has 0 saturated heterocycles. The van der Waals surface area contributed by atoms with E-state index in [1.165, 1.54) is 6.07 Å². The molecule has 1 aliphatic rings. The molecule has 94 valence electrons. The average Bonchev–Trinajstić information content (AvgIpc) is 2.79. The standard InChI is InChI=1S/C14H15FN2O/c1-9-5-6-10(7-12(9)15)14(18)17-13-4-2-3-11(13)8-16/h5-7,11,13H,2-4H2,1H3,(H,17,18). The molecular weight excluding hydrogens is 231 g/mol. The third-order valence-electron chi connectivity index (χ3n) is 3.43. The number of halogens is 1. The van der Waals surface area contributed by atoms with Gasteiger partial charge in [-0.1, -0.05) is 6.07 Å². The summed E-state index contributed by atoms with van der Waals surface area (Å²) in [6.45, 7) is 1.65. The minimum Gasteiger partial charge on any atom is -0.348 e. The highest BCUT2D eigenvalue weighted by Gasteiger charge is 2.28. The highest BCUT2D eigenvalue weighted by atomic mass is 19.1. The quantitative estimate of drug-likeness (QED) is 0.871. The molecule has 0 spiro atoms. The summed E-state index contributed by atoms with van der Waals surface area (Å²) in [7, 11) is 0. The Bertz CT molecular complexity index is 507. The molecule has 1 aromatic carbocycles.